The van der Waals surface area contributed by atoms with Gasteiger partial charge in [0.15, 0.2) is 0 Å². The number of carbonyl (C=O) groups excluding carboxylic acids is 2. The van der Waals surface area contributed by atoms with Crippen molar-refractivity contribution in [3.63, 3.8) is 0 Å². The van der Waals surface area contributed by atoms with E-state index in [1.807, 2.05) is 38.1 Å². The van der Waals surface area contributed by atoms with Crippen LogP contribution in [-0.2, 0) is 22.2 Å². The second kappa shape index (κ2) is 6.45. The molecule has 27 heavy (non-hydrogen) atoms. The number of benzene rings is 1. The van der Waals surface area contributed by atoms with Crippen molar-refractivity contribution < 1.29 is 9.59 Å². The zero-order valence-electron chi connectivity index (χ0n) is 15.5. The maximum absolute atomic E-state index is 12.8. The van der Waals surface area contributed by atoms with Crippen molar-refractivity contribution in [1.29, 1.82) is 0 Å². The van der Waals surface area contributed by atoms with Crippen molar-refractivity contribution in [1.82, 2.24) is 20.1 Å². The third-order valence-electron chi connectivity index (χ3n) is 4.76. The normalized spacial score (nSPS) is 17.7. The molecule has 1 aromatic carbocycles. The topological polar surface area (TPSA) is 80.1 Å². The second-order valence-electron chi connectivity index (χ2n) is 7.38. The molecule has 0 aliphatic carbocycles. The molecule has 1 unspecified atom stereocenters. The maximum Gasteiger partial charge on any atom is 0.227 e. The van der Waals surface area contributed by atoms with E-state index < -0.39 is 5.54 Å². The number of para-hydroxylation sites is 1. The number of anilines is 1. The summed E-state index contributed by atoms with van der Waals surface area (Å²) in [6, 6.07) is 7.92. The van der Waals surface area contributed by atoms with Gasteiger partial charge in [0.2, 0.25) is 11.8 Å². The van der Waals surface area contributed by atoms with Crippen LogP contribution >= 0.6 is 11.3 Å². The number of amides is 2. The van der Waals surface area contributed by atoms with Gasteiger partial charge in [-0.3, -0.25) is 14.3 Å². The molecule has 1 atom stereocenters. The van der Waals surface area contributed by atoms with Crippen molar-refractivity contribution >= 4 is 39.1 Å². The molecule has 0 radical (unpaired) electrons. The maximum atomic E-state index is 12.8. The highest BCUT2D eigenvalue weighted by Crippen LogP contribution is 2.31. The Morgan fingerprint density at radius 2 is 2.11 bits per heavy atom. The van der Waals surface area contributed by atoms with Crippen LogP contribution in [0.3, 0.4) is 0 Å². The number of hydrogen-bond donors (Lipinski definition) is 1. The highest BCUT2D eigenvalue weighted by molar-refractivity contribution is 7.18. The minimum absolute atomic E-state index is 0.0547. The Labute approximate surface area is 161 Å². The summed E-state index contributed by atoms with van der Waals surface area (Å²) in [5.74, 6) is -0.564. The van der Waals surface area contributed by atoms with E-state index in [9.17, 15) is 9.59 Å². The number of fused-ring (bicyclic) bond motifs is 1. The molecule has 0 bridgehead atoms. The van der Waals surface area contributed by atoms with Gasteiger partial charge in [0.05, 0.1) is 33.6 Å². The molecule has 0 saturated carbocycles. The van der Waals surface area contributed by atoms with Gasteiger partial charge in [-0.1, -0.05) is 12.1 Å². The summed E-state index contributed by atoms with van der Waals surface area (Å²) < 4.78 is 2.74. The molecule has 2 aromatic heterocycles. The molecule has 8 heteroatoms. The van der Waals surface area contributed by atoms with Gasteiger partial charge < -0.3 is 10.2 Å². The number of rotatable bonds is 4. The van der Waals surface area contributed by atoms with E-state index in [0.29, 0.717) is 6.54 Å². The van der Waals surface area contributed by atoms with Crippen LogP contribution < -0.4 is 10.2 Å². The molecule has 1 aliphatic rings. The van der Waals surface area contributed by atoms with Gasteiger partial charge in [0, 0.05) is 26.2 Å². The third kappa shape index (κ3) is 3.32. The Balaban J connectivity index is 1.49. The third-order valence-corrected chi connectivity index (χ3v) is 6.12. The Hall–Kier alpha value is -2.74. The lowest BCUT2D eigenvalue weighted by molar-refractivity contribution is -0.127. The van der Waals surface area contributed by atoms with Crippen LogP contribution in [0, 0.1) is 5.92 Å². The molecule has 2 amide bonds. The highest BCUT2D eigenvalue weighted by atomic mass is 32.1. The van der Waals surface area contributed by atoms with Gasteiger partial charge in [-0.05, 0) is 26.0 Å². The lowest BCUT2D eigenvalue weighted by Crippen LogP contribution is -2.44. The van der Waals surface area contributed by atoms with Crippen LogP contribution in [0.25, 0.3) is 10.2 Å². The van der Waals surface area contributed by atoms with Gasteiger partial charge in [-0.2, -0.15) is 5.10 Å². The fraction of sp³-hybridized carbons (Fsp3) is 0.368. The largest absolute Gasteiger partial charge is 0.344 e. The van der Waals surface area contributed by atoms with Crippen molar-refractivity contribution in [3.8, 4) is 0 Å². The van der Waals surface area contributed by atoms with E-state index >= 15 is 0 Å². The zero-order chi connectivity index (χ0) is 19.2. The summed E-state index contributed by atoms with van der Waals surface area (Å²) in [7, 11) is 1.80. The van der Waals surface area contributed by atoms with Crippen LogP contribution in [-0.4, -0.2) is 33.1 Å². The van der Waals surface area contributed by atoms with E-state index in [-0.39, 0.29) is 24.2 Å². The van der Waals surface area contributed by atoms with E-state index in [0.717, 1.165) is 20.9 Å². The molecule has 1 fully saturated rings. The molecule has 4 rings (SSSR count). The number of nitrogens with zero attached hydrogens (tertiary/aromatic N) is 4. The van der Waals surface area contributed by atoms with Gasteiger partial charge in [-0.25, -0.2) is 4.98 Å². The summed E-state index contributed by atoms with van der Waals surface area (Å²) in [5, 5.41) is 8.04. The van der Waals surface area contributed by atoms with Crippen LogP contribution in [0.15, 0.2) is 36.7 Å². The van der Waals surface area contributed by atoms with Gasteiger partial charge >= 0.3 is 0 Å². The summed E-state index contributed by atoms with van der Waals surface area (Å²) in [4.78, 5) is 31.5. The lowest BCUT2D eigenvalue weighted by atomic mass is 10.0. The zero-order valence-corrected chi connectivity index (χ0v) is 16.3. The fourth-order valence-electron chi connectivity index (χ4n) is 3.28. The van der Waals surface area contributed by atoms with Crippen molar-refractivity contribution in [2.24, 2.45) is 13.0 Å². The molecular weight excluding hydrogens is 362 g/mol. The van der Waals surface area contributed by atoms with Gasteiger partial charge in [-0.15, -0.1) is 11.3 Å². The molecule has 0 spiro atoms. The fourth-order valence-corrected chi connectivity index (χ4v) is 4.31. The van der Waals surface area contributed by atoms with E-state index in [1.165, 1.54) is 0 Å². The second-order valence-corrected chi connectivity index (χ2v) is 8.41. The lowest BCUT2D eigenvalue weighted by Gasteiger charge is -2.25. The molecule has 140 valence electrons. The van der Waals surface area contributed by atoms with Crippen LogP contribution in [0.2, 0.25) is 0 Å². The number of nitrogens with one attached hydrogen (secondary N) is 1. The number of hydrogen-bond acceptors (Lipinski definition) is 5. The van der Waals surface area contributed by atoms with Crippen LogP contribution in [0.4, 0.5) is 5.69 Å². The minimum atomic E-state index is -0.606. The van der Waals surface area contributed by atoms with Gasteiger partial charge in [0.25, 0.3) is 0 Å². The first kappa shape index (κ1) is 17.7. The first-order valence-corrected chi connectivity index (χ1v) is 9.62. The summed E-state index contributed by atoms with van der Waals surface area (Å²) in [6.07, 6.45) is 3.63. The SMILES string of the molecule is Cn1cc(N2CC(C(=O)NC(C)(C)c3nc4ccccc4s3)CC2=O)cn1. The summed E-state index contributed by atoms with van der Waals surface area (Å²) in [6.45, 7) is 4.25. The number of aryl methyl sites for hydroxylation is 1. The first-order chi connectivity index (χ1) is 12.8. The smallest absolute Gasteiger partial charge is 0.227 e. The van der Waals surface area contributed by atoms with Gasteiger partial charge in [0.1, 0.15) is 5.01 Å². The highest BCUT2D eigenvalue weighted by Gasteiger charge is 2.38. The Bertz CT molecular complexity index is 989. The predicted octanol–water partition coefficient (Wildman–Crippen LogP) is 2.43. The van der Waals surface area contributed by atoms with Crippen LogP contribution in [0.5, 0.6) is 0 Å². The molecule has 1 aliphatic heterocycles. The Morgan fingerprint density at radius 3 is 2.81 bits per heavy atom. The molecular formula is C19H21N5O2S. The van der Waals surface area contributed by atoms with Crippen molar-refractivity contribution in [3.05, 3.63) is 41.7 Å². The van der Waals surface area contributed by atoms with E-state index in [1.54, 1.807) is 40.4 Å². The monoisotopic (exact) mass is 383 g/mol. The van der Waals surface area contributed by atoms with E-state index in [2.05, 4.69) is 15.4 Å². The molecule has 1 saturated heterocycles. The standard InChI is InChI=1S/C19H21N5O2S/c1-19(2,18-21-14-6-4-5-7-15(14)27-18)22-17(26)12-8-16(25)24(10-12)13-9-20-23(3)11-13/h4-7,9,11-12H,8,10H2,1-3H3,(H,22,26). The molecule has 3 heterocycles. The average molecular weight is 383 g/mol. The van der Waals surface area contributed by atoms with Crippen LogP contribution in [0.1, 0.15) is 25.3 Å². The Kier molecular flexibility index (Phi) is 4.22. The predicted molar refractivity (Wildman–Crippen MR) is 104 cm³/mol. The summed E-state index contributed by atoms with van der Waals surface area (Å²) >= 11 is 1.58. The average Bonchev–Trinajstić information content (AvgIpc) is 3.32. The molecule has 1 N–H and O–H groups in total. The van der Waals surface area contributed by atoms with Crippen molar-refractivity contribution in [2.45, 2.75) is 25.8 Å². The Morgan fingerprint density at radius 1 is 1.33 bits per heavy atom. The minimum Gasteiger partial charge on any atom is -0.344 e. The number of carbonyl (C=O) groups is 2. The number of thiazole rings is 1. The van der Waals surface area contributed by atoms with Crippen molar-refractivity contribution in [2.75, 3.05) is 11.4 Å². The number of aromatic nitrogens is 3. The molecule has 3 aromatic rings. The van der Waals surface area contributed by atoms with E-state index in [4.69, 9.17) is 0 Å². The quantitative estimate of drug-likeness (QED) is 0.750. The molecule has 7 nitrogen and oxygen atoms in total. The first-order valence-electron chi connectivity index (χ1n) is 8.80. The summed E-state index contributed by atoms with van der Waals surface area (Å²) in [5.41, 5.74) is 1.05.